The molecule has 4 nitrogen and oxygen atoms in total. The maximum absolute atomic E-state index is 12.1. The van der Waals surface area contributed by atoms with Gasteiger partial charge in [0, 0.05) is 26.1 Å². The van der Waals surface area contributed by atoms with E-state index in [9.17, 15) is 4.79 Å². The Balaban J connectivity index is 2.01. The molecule has 0 aromatic heterocycles. The van der Waals surface area contributed by atoms with Crippen LogP contribution in [0.5, 0.6) is 5.75 Å². The zero-order chi connectivity index (χ0) is 14.7. The Morgan fingerprint density at radius 2 is 2.20 bits per heavy atom. The molecule has 1 aromatic carbocycles. The fourth-order valence-corrected chi connectivity index (χ4v) is 2.50. The van der Waals surface area contributed by atoms with Crippen LogP contribution in [0.25, 0.3) is 0 Å². The number of hydrogen-bond donors (Lipinski definition) is 1. The van der Waals surface area contributed by atoms with Gasteiger partial charge in [0.1, 0.15) is 5.75 Å². The molecule has 0 bridgehead atoms. The molecule has 0 spiro atoms. The average molecular weight is 276 g/mol. The van der Waals surface area contributed by atoms with E-state index in [0.29, 0.717) is 0 Å². The van der Waals surface area contributed by atoms with Crippen LogP contribution in [0.4, 0.5) is 0 Å². The van der Waals surface area contributed by atoms with Crippen molar-refractivity contribution in [1.29, 1.82) is 0 Å². The number of hydrogen-bond acceptors (Lipinski definition) is 3. The van der Waals surface area contributed by atoms with Gasteiger partial charge in [-0.2, -0.15) is 0 Å². The predicted molar refractivity (Wildman–Crippen MR) is 80.0 cm³/mol. The lowest BCUT2D eigenvalue weighted by Crippen LogP contribution is -2.43. The molecule has 0 radical (unpaired) electrons. The van der Waals surface area contributed by atoms with Gasteiger partial charge in [0.25, 0.3) is 0 Å². The molecule has 2 rings (SSSR count). The molecule has 110 valence electrons. The molecule has 0 saturated carbocycles. The number of carbonyl (C=O) groups is 1. The van der Waals surface area contributed by atoms with E-state index in [0.717, 1.165) is 25.3 Å². The van der Waals surface area contributed by atoms with Crippen molar-refractivity contribution in [3.05, 3.63) is 29.3 Å². The number of nitrogens with one attached hydrogen (secondary N) is 1. The summed E-state index contributed by atoms with van der Waals surface area (Å²) >= 11 is 0. The molecule has 1 aromatic rings. The lowest BCUT2D eigenvalue weighted by atomic mass is 10.0. The van der Waals surface area contributed by atoms with Gasteiger partial charge >= 0.3 is 0 Å². The minimum absolute atomic E-state index is 0.129. The summed E-state index contributed by atoms with van der Waals surface area (Å²) in [5, 5.41) is 3.37. The Morgan fingerprint density at radius 1 is 1.45 bits per heavy atom. The van der Waals surface area contributed by atoms with Crippen LogP contribution in [0.2, 0.25) is 0 Å². The van der Waals surface area contributed by atoms with E-state index < -0.39 is 0 Å². The van der Waals surface area contributed by atoms with Crippen molar-refractivity contribution in [2.45, 2.75) is 39.3 Å². The standard InChI is InChI=1S/C16H24N2O2/c1-5-18(4)16(19)12(3)17-11(2)13-6-7-15-14(10-13)8-9-20-15/h6-7,10-12,17H,5,8-9H2,1-4H3. The first-order valence-electron chi connectivity index (χ1n) is 7.29. The molecule has 20 heavy (non-hydrogen) atoms. The van der Waals surface area contributed by atoms with E-state index in [1.165, 1.54) is 11.1 Å². The molecule has 1 aliphatic heterocycles. The van der Waals surface area contributed by atoms with Crippen molar-refractivity contribution in [2.75, 3.05) is 20.2 Å². The predicted octanol–water partition coefficient (Wildman–Crippen LogP) is 2.14. The average Bonchev–Trinajstić information content (AvgIpc) is 2.92. The number of rotatable bonds is 5. The van der Waals surface area contributed by atoms with Gasteiger partial charge in [-0.05, 0) is 38.0 Å². The Hall–Kier alpha value is -1.55. The molecule has 1 aliphatic rings. The van der Waals surface area contributed by atoms with Crippen LogP contribution >= 0.6 is 0 Å². The summed E-state index contributed by atoms with van der Waals surface area (Å²) < 4.78 is 5.52. The number of carbonyl (C=O) groups excluding carboxylic acids is 1. The van der Waals surface area contributed by atoms with Gasteiger partial charge in [-0.15, -0.1) is 0 Å². The van der Waals surface area contributed by atoms with Crippen LogP contribution in [0.3, 0.4) is 0 Å². The van der Waals surface area contributed by atoms with Crippen LogP contribution in [-0.4, -0.2) is 37.0 Å². The second-order valence-electron chi connectivity index (χ2n) is 5.43. The highest BCUT2D eigenvalue weighted by Gasteiger charge is 2.20. The SMILES string of the molecule is CCN(C)C(=O)C(C)NC(C)c1ccc2c(c1)CCO2. The van der Waals surface area contributed by atoms with Gasteiger partial charge in [-0.1, -0.05) is 12.1 Å². The lowest BCUT2D eigenvalue weighted by molar-refractivity contribution is -0.131. The number of benzene rings is 1. The first kappa shape index (κ1) is 14.9. The summed E-state index contributed by atoms with van der Waals surface area (Å²) in [6.45, 7) is 7.50. The third-order valence-electron chi connectivity index (χ3n) is 3.93. The molecule has 2 unspecified atom stereocenters. The number of ether oxygens (including phenoxy) is 1. The summed E-state index contributed by atoms with van der Waals surface area (Å²) in [5.74, 6) is 1.12. The lowest BCUT2D eigenvalue weighted by Gasteiger charge is -2.24. The minimum Gasteiger partial charge on any atom is -0.493 e. The maximum Gasteiger partial charge on any atom is 0.239 e. The van der Waals surface area contributed by atoms with E-state index in [1.54, 1.807) is 4.90 Å². The summed E-state index contributed by atoms with van der Waals surface area (Å²) in [6.07, 6.45) is 0.975. The minimum atomic E-state index is -0.181. The van der Waals surface area contributed by atoms with Gasteiger partial charge < -0.3 is 9.64 Å². The van der Waals surface area contributed by atoms with Crippen molar-refractivity contribution >= 4 is 5.91 Å². The molecule has 0 saturated heterocycles. The van der Waals surface area contributed by atoms with Crippen molar-refractivity contribution in [2.24, 2.45) is 0 Å². The van der Waals surface area contributed by atoms with Gasteiger partial charge in [0.05, 0.1) is 12.6 Å². The van der Waals surface area contributed by atoms with E-state index >= 15 is 0 Å². The molecule has 1 amide bonds. The fourth-order valence-electron chi connectivity index (χ4n) is 2.50. The van der Waals surface area contributed by atoms with Crippen LogP contribution in [0.1, 0.15) is 37.9 Å². The third-order valence-corrected chi connectivity index (χ3v) is 3.93. The Kier molecular flexibility index (Phi) is 4.65. The smallest absolute Gasteiger partial charge is 0.239 e. The second-order valence-corrected chi connectivity index (χ2v) is 5.43. The zero-order valence-electron chi connectivity index (χ0n) is 12.8. The molecular weight excluding hydrogens is 252 g/mol. The van der Waals surface area contributed by atoms with E-state index in [2.05, 4.69) is 24.4 Å². The van der Waals surface area contributed by atoms with Crippen molar-refractivity contribution < 1.29 is 9.53 Å². The first-order valence-corrected chi connectivity index (χ1v) is 7.29. The van der Waals surface area contributed by atoms with Crippen LogP contribution < -0.4 is 10.1 Å². The first-order chi connectivity index (χ1) is 9.52. The molecule has 0 aliphatic carbocycles. The fraction of sp³-hybridized carbons (Fsp3) is 0.562. The van der Waals surface area contributed by atoms with Crippen LogP contribution in [0, 0.1) is 0 Å². The van der Waals surface area contributed by atoms with Crippen molar-refractivity contribution in [3.8, 4) is 5.75 Å². The van der Waals surface area contributed by atoms with Gasteiger partial charge in [-0.25, -0.2) is 0 Å². The summed E-state index contributed by atoms with van der Waals surface area (Å²) in [6, 6.07) is 6.24. The Labute approximate surface area is 121 Å². The number of nitrogens with zero attached hydrogens (tertiary/aromatic N) is 1. The summed E-state index contributed by atoms with van der Waals surface area (Å²) in [5.41, 5.74) is 2.47. The molecule has 2 atom stereocenters. The molecule has 1 heterocycles. The maximum atomic E-state index is 12.1. The third kappa shape index (κ3) is 3.12. The quantitative estimate of drug-likeness (QED) is 0.896. The van der Waals surface area contributed by atoms with Crippen molar-refractivity contribution in [1.82, 2.24) is 10.2 Å². The largest absolute Gasteiger partial charge is 0.493 e. The van der Waals surface area contributed by atoms with E-state index in [-0.39, 0.29) is 18.0 Å². The Bertz CT molecular complexity index is 487. The summed E-state index contributed by atoms with van der Waals surface area (Å²) in [4.78, 5) is 13.8. The zero-order valence-corrected chi connectivity index (χ0v) is 12.8. The number of amides is 1. The van der Waals surface area contributed by atoms with Crippen LogP contribution in [-0.2, 0) is 11.2 Å². The normalized spacial score (nSPS) is 16.2. The second kappa shape index (κ2) is 6.27. The van der Waals surface area contributed by atoms with Gasteiger partial charge in [-0.3, -0.25) is 10.1 Å². The van der Waals surface area contributed by atoms with Gasteiger partial charge in [0.15, 0.2) is 0 Å². The van der Waals surface area contributed by atoms with Crippen molar-refractivity contribution in [3.63, 3.8) is 0 Å². The van der Waals surface area contributed by atoms with E-state index in [4.69, 9.17) is 4.74 Å². The highest BCUT2D eigenvalue weighted by molar-refractivity contribution is 5.81. The topological polar surface area (TPSA) is 41.6 Å². The highest BCUT2D eigenvalue weighted by atomic mass is 16.5. The molecular formula is C16H24N2O2. The monoisotopic (exact) mass is 276 g/mol. The molecule has 4 heteroatoms. The highest BCUT2D eigenvalue weighted by Crippen LogP contribution is 2.28. The van der Waals surface area contributed by atoms with Gasteiger partial charge in [0.2, 0.25) is 5.91 Å². The molecule has 1 N–H and O–H groups in total. The van der Waals surface area contributed by atoms with E-state index in [1.807, 2.05) is 27.0 Å². The summed E-state index contributed by atoms with van der Waals surface area (Å²) in [7, 11) is 1.83. The number of likely N-dealkylation sites (N-methyl/N-ethyl adjacent to an activating group) is 1. The molecule has 0 fully saturated rings. The Morgan fingerprint density at radius 3 is 2.90 bits per heavy atom. The van der Waals surface area contributed by atoms with Crippen LogP contribution in [0.15, 0.2) is 18.2 Å². The number of fused-ring (bicyclic) bond motifs is 1.